The van der Waals surface area contributed by atoms with E-state index in [0.29, 0.717) is 11.8 Å². The Kier molecular flexibility index (Phi) is 5.54. The highest BCUT2D eigenvalue weighted by Crippen LogP contribution is 2.19. The normalized spacial score (nSPS) is 14.8. The van der Waals surface area contributed by atoms with E-state index in [9.17, 15) is 0 Å². The lowest BCUT2D eigenvalue weighted by Gasteiger charge is -2.11. The Labute approximate surface area is 100 Å². The van der Waals surface area contributed by atoms with Gasteiger partial charge in [0.15, 0.2) is 0 Å². The van der Waals surface area contributed by atoms with Crippen LogP contribution in [0.4, 0.5) is 0 Å². The molecule has 1 aromatic rings. The van der Waals surface area contributed by atoms with E-state index in [1.807, 2.05) is 0 Å². The van der Waals surface area contributed by atoms with Gasteiger partial charge >= 0.3 is 0 Å². The zero-order chi connectivity index (χ0) is 12.0. The topological polar surface area (TPSA) is 26.0 Å². The SMILES string of the molecule is CCC(C)c1ccc(CCC(C)CN)cc1. The summed E-state index contributed by atoms with van der Waals surface area (Å²) in [5.74, 6) is 1.31. The molecule has 0 heterocycles. The molecule has 0 aliphatic heterocycles. The summed E-state index contributed by atoms with van der Waals surface area (Å²) in [7, 11) is 0. The fourth-order valence-electron chi connectivity index (χ4n) is 1.78. The molecule has 0 aromatic heterocycles. The second-order valence-electron chi connectivity index (χ2n) is 4.93. The molecule has 1 nitrogen and oxygen atoms in total. The zero-order valence-electron chi connectivity index (χ0n) is 10.9. The predicted octanol–water partition coefficient (Wildman–Crippen LogP) is 3.73. The first kappa shape index (κ1) is 13.2. The number of benzene rings is 1. The summed E-state index contributed by atoms with van der Waals surface area (Å²) in [4.78, 5) is 0. The van der Waals surface area contributed by atoms with Crippen molar-refractivity contribution in [2.45, 2.75) is 46.0 Å². The Hall–Kier alpha value is -0.820. The third kappa shape index (κ3) is 3.97. The molecule has 0 saturated heterocycles. The van der Waals surface area contributed by atoms with Crippen LogP contribution in [0, 0.1) is 5.92 Å². The lowest BCUT2D eigenvalue weighted by atomic mass is 9.95. The molecule has 0 aliphatic carbocycles. The van der Waals surface area contributed by atoms with Gasteiger partial charge in [-0.25, -0.2) is 0 Å². The maximum Gasteiger partial charge on any atom is -0.00514 e. The van der Waals surface area contributed by atoms with Crippen LogP contribution in [-0.2, 0) is 6.42 Å². The van der Waals surface area contributed by atoms with Crippen molar-refractivity contribution in [3.8, 4) is 0 Å². The van der Waals surface area contributed by atoms with Crippen molar-refractivity contribution in [2.24, 2.45) is 11.7 Å². The van der Waals surface area contributed by atoms with E-state index in [1.54, 1.807) is 0 Å². The van der Waals surface area contributed by atoms with Crippen LogP contribution in [-0.4, -0.2) is 6.54 Å². The largest absolute Gasteiger partial charge is 0.330 e. The fourth-order valence-corrected chi connectivity index (χ4v) is 1.78. The monoisotopic (exact) mass is 219 g/mol. The van der Waals surface area contributed by atoms with Crippen LogP contribution >= 0.6 is 0 Å². The molecule has 0 aliphatic rings. The lowest BCUT2D eigenvalue weighted by Crippen LogP contribution is -2.11. The van der Waals surface area contributed by atoms with Crippen LogP contribution in [0.1, 0.15) is 50.7 Å². The van der Waals surface area contributed by atoms with Gasteiger partial charge < -0.3 is 5.73 Å². The Bertz CT molecular complexity index is 289. The molecule has 0 amide bonds. The summed E-state index contributed by atoms with van der Waals surface area (Å²) in [5, 5.41) is 0. The molecule has 1 aromatic carbocycles. The second-order valence-corrected chi connectivity index (χ2v) is 4.93. The van der Waals surface area contributed by atoms with Gasteiger partial charge in [0, 0.05) is 0 Å². The predicted molar refractivity (Wildman–Crippen MR) is 71.7 cm³/mol. The summed E-state index contributed by atoms with van der Waals surface area (Å²) in [5.41, 5.74) is 8.51. The van der Waals surface area contributed by atoms with E-state index in [0.717, 1.165) is 13.0 Å². The standard InChI is InChI=1S/C15H25N/c1-4-13(3)15-9-7-14(8-10-15)6-5-12(2)11-16/h7-10,12-13H,4-6,11,16H2,1-3H3. The Balaban J connectivity index is 2.51. The first-order valence-electron chi connectivity index (χ1n) is 6.46. The highest BCUT2D eigenvalue weighted by Gasteiger charge is 2.03. The first-order chi connectivity index (χ1) is 7.67. The van der Waals surface area contributed by atoms with Crippen LogP contribution in [0.15, 0.2) is 24.3 Å². The van der Waals surface area contributed by atoms with Crippen LogP contribution < -0.4 is 5.73 Å². The highest BCUT2D eigenvalue weighted by molar-refractivity contribution is 5.25. The van der Waals surface area contributed by atoms with Crippen molar-refractivity contribution in [1.82, 2.24) is 0 Å². The summed E-state index contributed by atoms with van der Waals surface area (Å²) >= 11 is 0. The zero-order valence-corrected chi connectivity index (χ0v) is 10.9. The van der Waals surface area contributed by atoms with Crippen molar-refractivity contribution < 1.29 is 0 Å². The van der Waals surface area contributed by atoms with Crippen LogP contribution in [0.5, 0.6) is 0 Å². The van der Waals surface area contributed by atoms with E-state index in [4.69, 9.17) is 5.73 Å². The summed E-state index contributed by atoms with van der Waals surface area (Å²) in [6.07, 6.45) is 3.56. The molecular weight excluding hydrogens is 194 g/mol. The first-order valence-corrected chi connectivity index (χ1v) is 6.46. The molecule has 2 atom stereocenters. The van der Waals surface area contributed by atoms with E-state index in [2.05, 4.69) is 45.0 Å². The minimum atomic E-state index is 0.634. The Morgan fingerprint density at radius 1 is 1.12 bits per heavy atom. The molecule has 0 saturated carbocycles. The Morgan fingerprint density at radius 3 is 2.25 bits per heavy atom. The van der Waals surface area contributed by atoms with Crippen LogP contribution in [0.25, 0.3) is 0 Å². The van der Waals surface area contributed by atoms with Crippen molar-refractivity contribution >= 4 is 0 Å². The maximum atomic E-state index is 5.62. The second kappa shape index (κ2) is 6.70. The third-order valence-corrected chi connectivity index (χ3v) is 3.49. The number of nitrogens with two attached hydrogens (primary N) is 1. The van der Waals surface area contributed by atoms with E-state index >= 15 is 0 Å². The van der Waals surface area contributed by atoms with Gasteiger partial charge in [-0.15, -0.1) is 0 Å². The number of hydrogen-bond donors (Lipinski definition) is 1. The van der Waals surface area contributed by atoms with Gasteiger partial charge in [-0.2, -0.15) is 0 Å². The summed E-state index contributed by atoms with van der Waals surface area (Å²) < 4.78 is 0. The number of hydrogen-bond acceptors (Lipinski definition) is 1. The number of rotatable bonds is 6. The molecule has 1 rings (SSSR count). The Morgan fingerprint density at radius 2 is 1.75 bits per heavy atom. The van der Waals surface area contributed by atoms with Gasteiger partial charge in [0.05, 0.1) is 0 Å². The molecule has 2 unspecified atom stereocenters. The van der Waals surface area contributed by atoms with E-state index < -0.39 is 0 Å². The highest BCUT2D eigenvalue weighted by atomic mass is 14.5. The number of aryl methyl sites for hydroxylation is 1. The minimum Gasteiger partial charge on any atom is -0.330 e. The molecule has 16 heavy (non-hydrogen) atoms. The van der Waals surface area contributed by atoms with Crippen molar-refractivity contribution in [3.05, 3.63) is 35.4 Å². The molecule has 0 bridgehead atoms. The summed E-state index contributed by atoms with van der Waals surface area (Å²) in [6.45, 7) is 7.53. The van der Waals surface area contributed by atoms with Crippen molar-refractivity contribution in [2.75, 3.05) is 6.54 Å². The van der Waals surface area contributed by atoms with Gasteiger partial charge in [0.1, 0.15) is 0 Å². The smallest absolute Gasteiger partial charge is 0.00514 e. The van der Waals surface area contributed by atoms with Crippen LogP contribution in [0.2, 0.25) is 0 Å². The quantitative estimate of drug-likeness (QED) is 0.775. The van der Waals surface area contributed by atoms with Crippen LogP contribution in [0.3, 0.4) is 0 Å². The average Bonchev–Trinajstić information content (AvgIpc) is 2.35. The van der Waals surface area contributed by atoms with Gasteiger partial charge in [-0.3, -0.25) is 0 Å². The molecule has 1 heteroatoms. The van der Waals surface area contributed by atoms with Gasteiger partial charge in [-0.05, 0) is 48.8 Å². The minimum absolute atomic E-state index is 0.634. The van der Waals surface area contributed by atoms with Gasteiger partial charge in [0.2, 0.25) is 0 Å². The average molecular weight is 219 g/mol. The van der Waals surface area contributed by atoms with Gasteiger partial charge in [-0.1, -0.05) is 45.0 Å². The molecule has 90 valence electrons. The maximum absolute atomic E-state index is 5.62. The lowest BCUT2D eigenvalue weighted by molar-refractivity contribution is 0.544. The fraction of sp³-hybridized carbons (Fsp3) is 0.600. The third-order valence-electron chi connectivity index (χ3n) is 3.49. The van der Waals surface area contributed by atoms with E-state index in [1.165, 1.54) is 24.0 Å². The molecule has 2 N–H and O–H groups in total. The molecular formula is C15H25N. The molecule has 0 fully saturated rings. The van der Waals surface area contributed by atoms with Crippen molar-refractivity contribution in [1.29, 1.82) is 0 Å². The summed E-state index contributed by atoms with van der Waals surface area (Å²) in [6, 6.07) is 9.09. The van der Waals surface area contributed by atoms with Gasteiger partial charge in [0.25, 0.3) is 0 Å². The van der Waals surface area contributed by atoms with Crippen molar-refractivity contribution in [3.63, 3.8) is 0 Å². The molecule has 0 radical (unpaired) electrons. The molecule has 0 spiro atoms. The van der Waals surface area contributed by atoms with E-state index in [-0.39, 0.29) is 0 Å².